The molecular formula is C17H24O2S. The Bertz CT molecular complexity index is 444. The van der Waals surface area contributed by atoms with Gasteiger partial charge in [-0.1, -0.05) is 0 Å². The van der Waals surface area contributed by atoms with Crippen molar-refractivity contribution >= 4 is 11.3 Å². The molecule has 5 rings (SSSR count). The first kappa shape index (κ1) is 13.1. The highest BCUT2D eigenvalue weighted by molar-refractivity contribution is 7.08. The largest absolute Gasteiger partial charge is 0.466 e. The van der Waals surface area contributed by atoms with Crippen LogP contribution in [0.1, 0.15) is 51.0 Å². The highest BCUT2D eigenvalue weighted by atomic mass is 32.1. The molecule has 0 radical (unpaired) electrons. The molecule has 4 aliphatic rings. The van der Waals surface area contributed by atoms with Crippen molar-refractivity contribution in [2.24, 2.45) is 17.8 Å². The van der Waals surface area contributed by atoms with Crippen LogP contribution >= 0.6 is 11.3 Å². The van der Waals surface area contributed by atoms with E-state index in [0.717, 1.165) is 30.1 Å². The van der Waals surface area contributed by atoms with Crippen LogP contribution in [-0.4, -0.2) is 13.4 Å². The summed E-state index contributed by atoms with van der Waals surface area (Å²) in [4.78, 5) is 0. The minimum atomic E-state index is 0.395. The van der Waals surface area contributed by atoms with E-state index in [0.29, 0.717) is 12.2 Å². The van der Waals surface area contributed by atoms with E-state index in [2.05, 4.69) is 10.8 Å². The fourth-order valence-electron chi connectivity index (χ4n) is 5.41. The average Bonchev–Trinajstić information content (AvgIpc) is 2.86. The van der Waals surface area contributed by atoms with Gasteiger partial charge in [0, 0.05) is 23.0 Å². The molecule has 0 spiro atoms. The molecule has 4 saturated carbocycles. The zero-order valence-electron chi connectivity index (χ0n) is 12.3. The van der Waals surface area contributed by atoms with E-state index >= 15 is 0 Å². The van der Waals surface area contributed by atoms with Crippen LogP contribution < -0.4 is 4.74 Å². The first-order valence-electron chi connectivity index (χ1n) is 8.06. The van der Waals surface area contributed by atoms with Crippen LogP contribution in [0.5, 0.6) is 5.75 Å². The molecule has 4 bridgehead atoms. The molecule has 4 aliphatic carbocycles. The van der Waals surface area contributed by atoms with Gasteiger partial charge in [0.2, 0.25) is 0 Å². The Hall–Kier alpha value is -0.540. The number of hydrogen-bond donors (Lipinski definition) is 0. The maximum atomic E-state index is 5.90. The summed E-state index contributed by atoms with van der Waals surface area (Å²) >= 11 is 1.79. The number of hydrogen-bond acceptors (Lipinski definition) is 3. The lowest BCUT2D eigenvalue weighted by atomic mass is 9.48. The smallest absolute Gasteiger partial charge is 0.189 e. The van der Waals surface area contributed by atoms with Crippen molar-refractivity contribution in [2.75, 3.05) is 13.4 Å². The summed E-state index contributed by atoms with van der Waals surface area (Å²) in [6.45, 7) is 3.13. The maximum absolute atomic E-state index is 5.90. The lowest BCUT2D eigenvalue weighted by molar-refractivity contribution is -0.0105. The zero-order chi connectivity index (χ0) is 13.6. The van der Waals surface area contributed by atoms with Crippen LogP contribution in [0, 0.1) is 17.8 Å². The highest BCUT2D eigenvalue weighted by Crippen LogP contribution is 2.62. The Balaban J connectivity index is 1.59. The molecule has 2 nitrogen and oxygen atoms in total. The number of rotatable bonds is 5. The second-order valence-electron chi connectivity index (χ2n) is 7.10. The molecule has 0 amide bonds. The molecule has 0 atom stereocenters. The third-order valence-electron chi connectivity index (χ3n) is 5.74. The van der Waals surface area contributed by atoms with E-state index in [1.165, 1.54) is 44.1 Å². The molecule has 3 heteroatoms. The first-order chi connectivity index (χ1) is 9.79. The Morgan fingerprint density at radius 2 is 1.75 bits per heavy atom. The summed E-state index contributed by atoms with van der Waals surface area (Å²) in [5.41, 5.74) is 1.94. The average molecular weight is 292 g/mol. The van der Waals surface area contributed by atoms with Gasteiger partial charge in [-0.05, 0) is 68.6 Å². The van der Waals surface area contributed by atoms with Crippen LogP contribution in [0.15, 0.2) is 10.8 Å². The lowest BCUT2D eigenvalue weighted by Crippen LogP contribution is -2.48. The molecule has 1 aromatic heterocycles. The van der Waals surface area contributed by atoms with Crippen molar-refractivity contribution < 1.29 is 9.47 Å². The Labute approximate surface area is 125 Å². The normalized spacial score (nSPS) is 38.4. The molecule has 20 heavy (non-hydrogen) atoms. The van der Waals surface area contributed by atoms with Gasteiger partial charge >= 0.3 is 0 Å². The van der Waals surface area contributed by atoms with Gasteiger partial charge in [-0.15, -0.1) is 11.3 Å². The molecule has 0 N–H and O–H groups in total. The summed E-state index contributed by atoms with van der Waals surface area (Å²) in [6, 6.07) is 0. The van der Waals surface area contributed by atoms with Crippen molar-refractivity contribution in [3.63, 3.8) is 0 Å². The van der Waals surface area contributed by atoms with Crippen LogP contribution in [0.25, 0.3) is 0 Å². The lowest BCUT2D eigenvalue weighted by Gasteiger charge is -2.57. The maximum Gasteiger partial charge on any atom is 0.189 e. The standard InChI is InChI=1S/C17H24O2S/c1-2-18-11-19-16-10-20-9-15(16)17-6-12-3-13(7-17)5-14(4-12)8-17/h9-10,12-14H,2-8,11H2,1H3. The third kappa shape index (κ3) is 2.10. The van der Waals surface area contributed by atoms with Crippen molar-refractivity contribution in [3.8, 4) is 5.75 Å². The van der Waals surface area contributed by atoms with Crippen LogP contribution in [-0.2, 0) is 10.2 Å². The van der Waals surface area contributed by atoms with Gasteiger partial charge < -0.3 is 9.47 Å². The Morgan fingerprint density at radius 3 is 2.35 bits per heavy atom. The van der Waals surface area contributed by atoms with Crippen molar-refractivity contribution in [2.45, 2.75) is 50.9 Å². The monoisotopic (exact) mass is 292 g/mol. The van der Waals surface area contributed by atoms with Crippen LogP contribution in [0.4, 0.5) is 0 Å². The van der Waals surface area contributed by atoms with Gasteiger partial charge in [0.05, 0.1) is 0 Å². The van der Waals surface area contributed by atoms with Gasteiger partial charge in [0.15, 0.2) is 6.79 Å². The molecule has 110 valence electrons. The van der Waals surface area contributed by atoms with Gasteiger partial charge in [-0.25, -0.2) is 0 Å². The van der Waals surface area contributed by atoms with Gasteiger partial charge in [0.25, 0.3) is 0 Å². The zero-order valence-corrected chi connectivity index (χ0v) is 13.1. The molecule has 0 aliphatic heterocycles. The van der Waals surface area contributed by atoms with E-state index in [1.54, 1.807) is 11.3 Å². The van der Waals surface area contributed by atoms with E-state index in [1.807, 2.05) is 6.92 Å². The minimum Gasteiger partial charge on any atom is -0.466 e. The van der Waals surface area contributed by atoms with E-state index < -0.39 is 0 Å². The molecule has 0 aromatic carbocycles. The predicted octanol–water partition coefficient (Wildman–Crippen LogP) is 4.59. The fraction of sp³-hybridized carbons (Fsp3) is 0.765. The summed E-state index contributed by atoms with van der Waals surface area (Å²) < 4.78 is 11.3. The van der Waals surface area contributed by atoms with Crippen molar-refractivity contribution in [1.82, 2.24) is 0 Å². The van der Waals surface area contributed by atoms with Gasteiger partial charge in [-0.3, -0.25) is 0 Å². The van der Waals surface area contributed by atoms with Crippen molar-refractivity contribution in [1.29, 1.82) is 0 Å². The SMILES string of the molecule is CCOCOc1cscc1C12CC3CC(CC(C3)C1)C2. The Kier molecular flexibility index (Phi) is 3.30. The van der Waals surface area contributed by atoms with E-state index in [9.17, 15) is 0 Å². The van der Waals surface area contributed by atoms with Gasteiger partial charge in [0.1, 0.15) is 5.75 Å². The number of thiophene rings is 1. The summed E-state index contributed by atoms with van der Waals surface area (Å²) in [7, 11) is 0. The van der Waals surface area contributed by atoms with Gasteiger partial charge in [-0.2, -0.15) is 0 Å². The molecule has 1 aromatic rings. The third-order valence-corrected chi connectivity index (χ3v) is 6.46. The van der Waals surface area contributed by atoms with E-state index in [-0.39, 0.29) is 0 Å². The minimum absolute atomic E-state index is 0.395. The van der Waals surface area contributed by atoms with E-state index in [4.69, 9.17) is 9.47 Å². The molecule has 0 unspecified atom stereocenters. The second-order valence-corrected chi connectivity index (χ2v) is 7.85. The van der Waals surface area contributed by atoms with Crippen LogP contribution in [0.2, 0.25) is 0 Å². The summed E-state index contributed by atoms with van der Waals surface area (Å²) in [6.07, 6.45) is 8.71. The molecular weight excluding hydrogens is 268 g/mol. The quantitative estimate of drug-likeness (QED) is 0.584. The first-order valence-corrected chi connectivity index (χ1v) is 9.00. The molecule has 0 saturated heterocycles. The predicted molar refractivity (Wildman–Crippen MR) is 81.3 cm³/mol. The van der Waals surface area contributed by atoms with Crippen molar-refractivity contribution in [3.05, 3.63) is 16.3 Å². The second kappa shape index (κ2) is 5.03. The summed E-state index contributed by atoms with van der Waals surface area (Å²) in [5.74, 6) is 4.06. The number of ether oxygens (including phenoxy) is 2. The summed E-state index contributed by atoms with van der Waals surface area (Å²) in [5, 5.41) is 4.53. The topological polar surface area (TPSA) is 18.5 Å². The highest BCUT2D eigenvalue weighted by Gasteiger charge is 2.52. The molecule has 1 heterocycles. The fourth-order valence-corrected chi connectivity index (χ4v) is 6.30. The Morgan fingerprint density at radius 1 is 1.10 bits per heavy atom. The van der Waals surface area contributed by atoms with Crippen LogP contribution in [0.3, 0.4) is 0 Å². The molecule has 4 fully saturated rings.